The zero-order valence-electron chi connectivity index (χ0n) is 34.0. The second-order valence-electron chi connectivity index (χ2n) is 16.9. The zero-order valence-corrected chi connectivity index (χ0v) is 34.0. The molecule has 3 aromatic rings. The van der Waals surface area contributed by atoms with Crippen molar-refractivity contribution in [3.8, 4) is 0 Å². The minimum absolute atomic E-state index is 0.0158. The number of carbonyl (C=O) groups is 6. The van der Waals surface area contributed by atoms with E-state index in [-0.39, 0.29) is 30.6 Å². The standard InChI is InChI=1S/C46H47NO14/c1-25(48)57-36-31-20-30(58-35(50)22-33(27-14-8-5-9-15-27)47-40(52)28-16-10-6-11-17-28)23-45(55,43(31,3)4)39(59-41(53)29-18-12-7-13-19-29)37-44(60-26(2)49)24-56-34(44)21-32-42(54)61-46(32,37)38(36)51/h5-20,30,32-34,36-37,39,42,54-55H,21-24H2,1-4H3,(H,47,52)/t30-,32-,33-,34-,36-,37-,39+,42?,44+,45-,46+/m1/s1. The molecule has 5 aliphatic rings. The highest BCUT2D eigenvalue weighted by molar-refractivity contribution is 5.98. The average Bonchev–Trinajstić information content (AvgIpc) is 3.22. The van der Waals surface area contributed by atoms with Crippen LogP contribution in [0.1, 0.15) is 79.3 Å². The first-order chi connectivity index (χ1) is 29.0. The lowest BCUT2D eigenvalue weighted by atomic mass is 9.45. The van der Waals surface area contributed by atoms with Gasteiger partial charge >= 0.3 is 23.9 Å². The van der Waals surface area contributed by atoms with Gasteiger partial charge in [0.2, 0.25) is 5.78 Å². The first-order valence-electron chi connectivity index (χ1n) is 20.2. The number of hydrogen-bond donors (Lipinski definition) is 3. The van der Waals surface area contributed by atoms with Crippen molar-refractivity contribution in [1.82, 2.24) is 5.32 Å². The minimum Gasteiger partial charge on any atom is -0.458 e. The summed E-state index contributed by atoms with van der Waals surface area (Å²) in [7, 11) is 0. The predicted molar refractivity (Wildman–Crippen MR) is 211 cm³/mol. The van der Waals surface area contributed by atoms with Crippen LogP contribution in [0, 0.1) is 17.3 Å². The van der Waals surface area contributed by atoms with E-state index in [2.05, 4.69) is 5.32 Å². The molecule has 1 amide bonds. The highest BCUT2D eigenvalue weighted by Crippen LogP contribution is 2.66. The first kappa shape index (κ1) is 42.0. The lowest BCUT2D eigenvalue weighted by Gasteiger charge is -2.71. The van der Waals surface area contributed by atoms with Gasteiger partial charge in [0.25, 0.3) is 5.91 Å². The van der Waals surface area contributed by atoms with E-state index in [1.807, 2.05) is 0 Å². The van der Waals surface area contributed by atoms with Crippen LogP contribution in [0.25, 0.3) is 0 Å². The van der Waals surface area contributed by atoms with E-state index in [4.69, 9.17) is 28.4 Å². The molecule has 1 unspecified atom stereocenters. The molecule has 2 bridgehead atoms. The van der Waals surface area contributed by atoms with Gasteiger partial charge in [-0.1, -0.05) is 80.6 Å². The fourth-order valence-electron chi connectivity index (χ4n) is 10.1. The van der Waals surface area contributed by atoms with Crippen molar-refractivity contribution >= 4 is 35.6 Å². The van der Waals surface area contributed by atoms with Crippen LogP contribution in [-0.4, -0.2) is 99.9 Å². The number of esters is 4. The molecule has 3 aliphatic carbocycles. The summed E-state index contributed by atoms with van der Waals surface area (Å²) >= 11 is 0. The van der Waals surface area contributed by atoms with E-state index < -0.39 is 113 Å². The van der Waals surface area contributed by atoms with E-state index in [1.165, 1.54) is 18.2 Å². The van der Waals surface area contributed by atoms with Crippen molar-refractivity contribution in [2.45, 2.75) is 101 Å². The number of nitrogens with one attached hydrogen (secondary N) is 1. The van der Waals surface area contributed by atoms with Crippen LogP contribution >= 0.6 is 0 Å². The molecule has 61 heavy (non-hydrogen) atoms. The van der Waals surface area contributed by atoms with Crippen LogP contribution in [-0.2, 0) is 47.6 Å². The number of fused-ring (bicyclic) bond motifs is 4. The summed E-state index contributed by atoms with van der Waals surface area (Å²) in [5.41, 5.74) is -6.75. The average molecular weight is 838 g/mol. The van der Waals surface area contributed by atoms with Gasteiger partial charge in [0.1, 0.15) is 23.9 Å². The van der Waals surface area contributed by atoms with E-state index in [9.17, 15) is 34.2 Å². The third-order valence-electron chi connectivity index (χ3n) is 13.1. The summed E-state index contributed by atoms with van der Waals surface area (Å²) < 4.78 is 36.5. The number of Topliss-reactive ketones (excluding diaryl/α,β-unsaturated/α-hetero) is 1. The van der Waals surface area contributed by atoms with Gasteiger partial charge in [-0.25, -0.2) is 4.79 Å². The molecule has 15 nitrogen and oxygen atoms in total. The van der Waals surface area contributed by atoms with Gasteiger partial charge in [-0.05, 0) is 47.9 Å². The predicted octanol–water partition coefficient (Wildman–Crippen LogP) is 3.71. The molecule has 0 radical (unpaired) electrons. The van der Waals surface area contributed by atoms with Crippen molar-refractivity contribution in [3.05, 3.63) is 119 Å². The molecule has 1 spiro atoms. The number of ketones is 1. The molecule has 3 N–H and O–H groups in total. The van der Waals surface area contributed by atoms with E-state index in [0.717, 1.165) is 13.8 Å². The van der Waals surface area contributed by atoms with Crippen LogP contribution in [0.4, 0.5) is 0 Å². The van der Waals surface area contributed by atoms with Gasteiger partial charge in [0.05, 0.1) is 30.6 Å². The molecule has 2 aliphatic heterocycles. The third kappa shape index (κ3) is 6.93. The normalized spacial score (nSPS) is 33.4. The Morgan fingerprint density at radius 3 is 2.05 bits per heavy atom. The molecule has 8 rings (SSSR count). The van der Waals surface area contributed by atoms with E-state index in [1.54, 1.807) is 92.7 Å². The Hall–Kier alpha value is -5.74. The van der Waals surface area contributed by atoms with Gasteiger partial charge < -0.3 is 44.0 Å². The zero-order chi connectivity index (χ0) is 43.5. The monoisotopic (exact) mass is 837 g/mol. The molecule has 2 heterocycles. The minimum atomic E-state index is -2.32. The van der Waals surface area contributed by atoms with Gasteiger partial charge in [-0.2, -0.15) is 0 Å². The summed E-state index contributed by atoms with van der Waals surface area (Å²) in [6.07, 6.45) is -6.78. The Morgan fingerprint density at radius 2 is 1.48 bits per heavy atom. The van der Waals surface area contributed by atoms with Gasteiger partial charge in [0.15, 0.2) is 23.6 Å². The van der Waals surface area contributed by atoms with Crippen molar-refractivity contribution in [2.24, 2.45) is 17.3 Å². The Kier molecular flexibility index (Phi) is 10.7. The van der Waals surface area contributed by atoms with Crippen molar-refractivity contribution in [2.75, 3.05) is 6.61 Å². The van der Waals surface area contributed by atoms with Crippen molar-refractivity contribution in [3.63, 3.8) is 0 Å². The molecule has 4 fully saturated rings. The lowest BCUT2D eigenvalue weighted by Crippen LogP contribution is -2.88. The van der Waals surface area contributed by atoms with Gasteiger partial charge in [-0.15, -0.1) is 0 Å². The number of aliphatic hydroxyl groups is 2. The molecular formula is C46H47NO14. The molecular weight excluding hydrogens is 790 g/mol. The molecule has 2 saturated heterocycles. The van der Waals surface area contributed by atoms with Crippen molar-refractivity contribution in [1.29, 1.82) is 0 Å². The molecule has 11 atom stereocenters. The van der Waals surface area contributed by atoms with E-state index in [0.29, 0.717) is 11.1 Å². The maximum absolute atomic E-state index is 15.4. The smallest absolute Gasteiger partial charge is 0.338 e. The maximum atomic E-state index is 15.4. The number of aliphatic hydroxyl groups excluding tert-OH is 1. The van der Waals surface area contributed by atoms with Gasteiger partial charge in [-0.3, -0.25) is 24.0 Å². The molecule has 0 aromatic heterocycles. The van der Waals surface area contributed by atoms with E-state index >= 15 is 4.79 Å². The molecule has 2 saturated carbocycles. The molecule has 15 heteroatoms. The molecule has 320 valence electrons. The second-order valence-corrected chi connectivity index (χ2v) is 16.9. The number of carbonyl (C=O) groups excluding carboxylic acids is 6. The lowest BCUT2D eigenvalue weighted by molar-refractivity contribution is -0.430. The summed E-state index contributed by atoms with van der Waals surface area (Å²) in [5.74, 6) is -7.25. The van der Waals surface area contributed by atoms with Crippen LogP contribution in [0.2, 0.25) is 0 Å². The Morgan fingerprint density at radius 1 is 0.852 bits per heavy atom. The summed E-state index contributed by atoms with van der Waals surface area (Å²) in [6, 6.07) is 24.3. The quantitative estimate of drug-likeness (QED) is 0.151. The fourth-order valence-corrected chi connectivity index (χ4v) is 10.1. The fraction of sp³-hybridized carbons (Fsp3) is 0.435. The highest BCUT2D eigenvalue weighted by Gasteiger charge is 2.84. The van der Waals surface area contributed by atoms with Crippen LogP contribution < -0.4 is 5.32 Å². The maximum Gasteiger partial charge on any atom is 0.338 e. The topological polar surface area (TPSA) is 210 Å². The summed E-state index contributed by atoms with van der Waals surface area (Å²) in [4.78, 5) is 83.0. The molecule has 3 aromatic carbocycles. The number of benzene rings is 3. The van der Waals surface area contributed by atoms with Crippen LogP contribution in [0.5, 0.6) is 0 Å². The largest absolute Gasteiger partial charge is 0.458 e. The Labute approximate surface area is 351 Å². The third-order valence-corrected chi connectivity index (χ3v) is 13.1. The van der Waals surface area contributed by atoms with Gasteiger partial charge in [0, 0.05) is 37.2 Å². The number of hydrogen-bond acceptors (Lipinski definition) is 14. The Bertz CT molecular complexity index is 2260. The Balaban J connectivity index is 1.24. The number of rotatable bonds is 10. The highest BCUT2D eigenvalue weighted by atomic mass is 16.7. The first-order valence-corrected chi connectivity index (χ1v) is 20.2. The number of ether oxygens (including phenoxy) is 6. The number of amides is 1. The SMILES string of the molecule is CC(=O)O[C@H]1C(=O)[C@]23OC(O)[C@H]2C[C@H]2OC[C@@]2(OC(C)=O)[C@H]3[C@H](OC(=O)c2ccccc2)[C@]2(O)C[C@H](OC(=O)C[C@@H](NC(=O)c3ccccc3)c3ccccc3)C=C1C2(C)C. The van der Waals surface area contributed by atoms with Crippen molar-refractivity contribution < 1.29 is 67.4 Å². The second kappa shape index (κ2) is 15.6. The van der Waals surface area contributed by atoms with Crippen LogP contribution in [0.3, 0.4) is 0 Å². The summed E-state index contributed by atoms with van der Waals surface area (Å²) in [6.45, 7) is 5.13. The summed E-state index contributed by atoms with van der Waals surface area (Å²) in [5, 5.41) is 27.6. The van der Waals surface area contributed by atoms with Crippen LogP contribution in [0.15, 0.2) is 103 Å².